The number of rotatable bonds is 5. The Labute approximate surface area is 75.4 Å². The third-order valence-corrected chi connectivity index (χ3v) is 1.89. The highest BCUT2D eigenvalue weighted by atomic mass is 15.8. The van der Waals surface area contributed by atoms with Gasteiger partial charge in [0.05, 0.1) is 0 Å². The van der Waals surface area contributed by atoms with Crippen molar-refractivity contribution in [1.82, 2.24) is 10.2 Å². The fourth-order valence-electron chi connectivity index (χ4n) is 0.909. The van der Waals surface area contributed by atoms with Gasteiger partial charge in [-0.2, -0.15) is 10.2 Å². The first-order chi connectivity index (χ1) is 5.49. The van der Waals surface area contributed by atoms with Gasteiger partial charge in [-0.05, 0) is 19.3 Å². The summed E-state index contributed by atoms with van der Waals surface area (Å²) in [5.74, 6) is 12.0. The predicted molar refractivity (Wildman–Crippen MR) is 51.5 cm³/mol. The van der Waals surface area contributed by atoms with Crippen LogP contribution < -0.4 is 11.7 Å². The molecule has 12 heavy (non-hydrogen) atoms. The molecule has 0 radical (unpaired) electrons. The molecular weight excluding hydrogens is 152 g/mol. The standard InChI is InChI=1S/C8H22N4/c1-5-8(4)12(10)11(9)6-7(2)3/h7-8H,5-6,9-10H2,1-4H3. The van der Waals surface area contributed by atoms with Crippen molar-refractivity contribution < 1.29 is 0 Å². The third-order valence-electron chi connectivity index (χ3n) is 1.89. The number of hydrogen-bond acceptors (Lipinski definition) is 4. The van der Waals surface area contributed by atoms with Crippen LogP contribution in [-0.4, -0.2) is 22.8 Å². The molecule has 0 heterocycles. The van der Waals surface area contributed by atoms with Gasteiger partial charge in [-0.3, -0.25) is 11.7 Å². The van der Waals surface area contributed by atoms with Crippen molar-refractivity contribution in [1.29, 1.82) is 0 Å². The van der Waals surface area contributed by atoms with Crippen molar-refractivity contribution in [2.75, 3.05) is 6.54 Å². The van der Waals surface area contributed by atoms with Crippen molar-refractivity contribution in [2.45, 2.75) is 40.2 Å². The molecule has 0 aromatic rings. The molecule has 1 atom stereocenters. The van der Waals surface area contributed by atoms with E-state index in [9.17, 15) is 0 Å². The van der Waals surface area contributed by atoms with Crippen LogP contribution in [0.5, 0.6) is 0 Å². The largest absolute Gasteiger partial charge is 0.254 e. The lowest BCUT2D eigenvalue weighted by molar-refractivity contribution is -0.0682. The van der Waals surface area contributed by atoms with E-state index in [0.717, 1.165) is 13.0 Å². The van der Waals surface area contributed by atoms with E-state index in [1.807, 2.05) is 0 Å². The lowest BCUT2D eigenvalue weighted by atomic mass is 10.2. The molecule has 4 heteroatoms. The Hall–Kier alpha value is -0.160. The topological polar surface area (TPSA) is 58.5 Å². The molecule has 0 aliphatic heterocycles. The van der Waals surface area contributed by atoms with Crippen LogP contribution in [0.1, 0.15) is 34.1 Å². The molecular formula is C8H22N4. The number of hydrogen-bond donors (Lipinski definition) is 2. The Balaban J connectivity index is 3.83. The van der Waals surface area contributed by atoms with Crippen molar-refractivity contribution >= 4 is 0 Å². The molecule has 0 rings (SSSR count). The minimum absolute atomic E-state index is 0.300. The van der Waals surface area contributed by atoms with Gasteiger partial charge in [0.2, 0.25) is 0 Å². The summed E-state index contributed by atoms with van der Waals surface area (Å²) in [5, 5.41) is 3.18. The monoisotopic (exact) mass is 174 g/mol. The Morgan fingerprint density at radius 2 is 1.67 bits per heavy atom. The van der Waals surface area contributed by atoms with Crippen LogP contribution in [-0.2, 0) is 0 Å². The average molecular weight is 174 g/mol. The highest BCUT2D eigenvalue weighted by molar-refractivity contribution is 4.56. The third kappa shape index (κ3) is 4.01. The number of nitrogens with two attached hydrogens (primary N) is 2. The van der Waals surface area contributed by atoms with Crippen molar-refractivity contribution in [3.8, 4) is 0 Å². The average Bonchev–Trinajstić information content (AvgIpc) is 2.00. The fourth-order valence-corrected chi connectivity index (χ4v) is 0.909. The van der Waals surface area contributed by atoms with Crippen molar-refractivity contribution in [2.24, 2.45) is 17.6 Å². The zero-order chi connectivity index (χ0) is 9.72. The number of hydrazine groups is 3. The van der Waals surface area contributed by atoms with Crippen LogP contribution in [0.4, 0.5) is 0 Å². The van der Waals surface area contributed by atoms with Gasteiger partial charge in [-0.1, -0.05) is 20.8 Å². The highest BCUT2D eigenvalue weighted by Crippen LogP contribution is 2.01. The SMILES string of the molecule is CCC(C)N(N)N(N)CC(C)C. The van der Waals surface area contributed by atoms with E-state index in [-0.39, 0.29) is 0 Å². The molecule has 0 aliphatic carbocycles. The summed E-state index contributed by atoms with van der Waals surface area (Å²) in [6, 6.07) is 0.300. The molecule has 0 spiro atoms. The van der Waals surface area contributed by atoms with E-state index < -0.39 is 0 Å². The van der Waals surface area contributed by atoms with Crippen LogP contribution in [0, 0.1) is 5.92 Å². The van der Waals surface area contributed by atoms with Gasteiger partial charge < -0.3 is 0 Å². The molecule has 0 saturated carbocycles. The van der Waals surface area contributed by atoms with Gasteiger partial charge in [0, 0.05) is 12.6 Å². The van der Waals surface area contributed by atoms with E-state index in [0.29, 0.717) is 12.0 Å². The van der Waals surface area contributed by atoms with Crippen LogP contribution in [0.25, 0.3) is 0 Å². The lowest BCUT2D eigenvalue weighted by Gasteiger charge is -2.32. The Morgan fingerprint density at radius 3 is 2.00 bits per heavy atom. The summed E-state index contributed by atoms with van der Waals surface area (Å²) in [5.41, 5.74) is 0. The van der Waals surface area contributed by atoms with Crippen LogP contribution in [0.15, 0.2) is 0 Å². The van der Waals surface area contributed by atoms with E-state index in [1.54, 1.807) is 10.2 Å². The van der Waals surface area contributed by atoms with Crippen molar-refractivity contribution in [3.05, 3.63) is 0 Å². The molecule has 0 aliphatic rings. The molecule has 4 nitrogen and oxygen atoms in total. The second kappa shape index (κ2) is 5.48. The first kappa shape index (κ1) is 11.8. The van der Waals surface area contributed by atoms with E-state index >= 15 is 0 Å². The first-order valence-electron chi connectivity index (χ1n) is 4.55. The zero-order valence-electron chi connectivity index (χ0n) is 8.62. The highest BCUT2D eigenvalue weighted by Gasteiger charge is 2.13. The van der Waals surface area contributed by atoms with E-state index in [1.165, 1.54) is 0 Å². The quantitative estimate of drug-likeness (QED) is 0.476. The normalized spacial score (nSPS) is 14.8. The van der Waals surface area contributed by atoms with Gasteiger partial charge in [0.1, 0.15) is 0 Å². The van der Waals surface area contributed by atoms with Gasteiger partial charge in [-0.15, -0.1) is 0 Å². The minimum atomic E-state index is 0.300. The van der Waals surface area contributed by atoms with Crippen LogP contribution >= 0.6 is 0 Å². The van der Waals surface area contributed by atoms with E-state index in [4.69, 9.17) is 11.7 Å². The summed E-state index contributed by atoms with van der Waals surface area (Å²) in [6.07, 6.45) is 1.00. The van der Waals surface area contributed by atoms with Gasteiger partial charge in [-0.25, -0.2) is 0 Å². The summed E-state index contributed by atoms with van der Waals surface area (Å²) < 4.78 is 0. The molecule has 0 aromatic carbocycles. The molecule has 74 valence electrons. The lowest BCUT2D eigenvalue weighted by Crippen LogP contribution is -2.56. The molecule has 0 aromatic heterocycles. The fraction of sp³-hybridized carbons (Fsp3) is 1.00. The molecule has 0 amide bonds. The van der Waals surface area contributed by atoms with Gasteiger partial charge >= 0.3 is 0 Å². The van der Waals surface area contributed by atoms with Gasteiger partial charge in [0.25, 0.3) is 0 Å². The second-order valence-corrected chi connectivity index (χ2v) is 3.65. The van der Waals surface area contributed by atoms with Gasteiger partial charge in [0.15, 0.2) is 0 Å². The first-order valence-corrected chi connectivity index (χ1v) is 4.55. The summed E-state index contributed by atoms with van der Waals surface area (Å²) >= 11 is 0. The smallest absolute Gasteiger partial charge is 0.0382 e. The molecule has 0 saturated heterocycles. The maximum atomic E-state index is 5.75. The minimum Gasteiger partial charge on any atom is -0.254 e. The zero-order valence-corrected chi connectivity index (χ0v) is 8.62. The van der Waals surface area contributed by atoms with Crippen LogP contribution in [0.3, 0.4) is 0 Å². The second-order valence-electron chi connectivity index (χ2n) is 3.65. The molecule has 0 bridgehead atoms. The van der Waals surface area contributed by atoms with E-state index in [2.05, 4.69) is 27.7 Å². The maximum Gasteiger partial charge on any atom is 0.0382 e. The molecule has 0 fully saturated rings. The predicted octanol–water partition coefficient (Wildman–Crippen LogP) is 0.707. The maximum absolute atomic E-state index is 5.75. The molecule has 4 N–H and O–H groups in total. The molecule has 1 unspecified atom stereocenters. The number of nitrogens with zero attached hydrogens (tertiary/aromatic N) is 2. The Bertz CT molecular complexity index is 116. The van der Waals surface area contributed by atoms with Crippen LogP contribution in [0.2, 0.25) is 0 Å². The Morgan fingerprint density at radius 1 is 1.17 bits per heavy atom. The summed E-state index contributed by atoms with van der Waals surface area (Å²) in [4.78, 5) is 0. The Kier molecular flexibility index (Phi) is 5.41. The summed E-state index contributed by atoms with van der Waals surface area (Å²) in [6.45, 7) is 9.17. The van der Waals surface area contributed by atoms with Crippen molar-refractivity contribution in [3.63, 3.8) is 0 Å². The summed E-state index contributed by atoms with van der Waals surface area (Å²) in [7, 11) is 0.